The predicted molar refractivity (Wildman–Crippen MR) is 161 cm³/mol. The lowest BCUT2D eigenvalue weighted by atomic mass is 9.93. The van der Waals surface area contributed by atoms with Crippen molar-refractivity contribution < 1.29 is 23.5 Å². The lowest BCUT2D eigenvalue weighted by Gasteiger charge is -2.25. The van der Waals surface area contributed by atoms with Gasteiger partial charge in [0, 0.05) is 11.6 Å². The molecule has 216 valence electrons. The molecule has 9 heteroatoms. The van der Waals surface area contributed by atoms with E-state index in [9.17, 15) is 14.4 Å². The van der Waals surface area contributed by atoms with Crippen LogP contribution in [0, 0.1) is 0 Å². The van der Waals surface area contributed by atoms with Crippen molar-refractivity contribution in [2.45, 2.75) is 46.6 Å². The zero-order valence-corrected chi connectivity index (χ0v) is 25.0. The van der Waals surface area contributed by atoms with E-state index in [2.05, 4.69) is 18.8 Å². The van der Waals surface area contributed by atoms with Gasteiger partial charge >= 0.3 is 11.9 Å². The standard InChI is InChI=1S/C33H32N2O6S/c1-6-39-31(37)24-14-10-22(11-15-24)26-17-16-25(41-26)18-27-30(36)35-29(23-12-8-21(9-13-23)19(3)4)28(32(38)40-7-2)20(5)34-33(35)42-27/h8-19,29H,6-7H2,1-5H3/b27-18+. The summed E-state index contributed by atoms with van der Waals surface area (Å²) < 4.78 is 18.5. The van der Waals surface area contributed by atoms with E-state index in [1.165, 1.54) is 11.3 Å². The zero-order chi connectivity index (χ0) is 30.0. The molecule has 0 N–H and O–H groups in total. The molecule has 1 atom stereocenters. The van der Waals surface area contributed by atoms with Gasteiger partial charge < -0.3 is 13.9 Å². The number of benzene rings is 2. The molecule has 1 unspecified atom stereocenters. The summed E-state index contributed by atoms with van der Waals surface area (Å²) in [5.41, 5.74) is 3.79. The van der Waals surface area contributed by atoms with Gasteiger partial charge in [-0.1, -0.05) is 61.6 Å². The molecule has 1 aliphatic rings. The zero-order valence-electron chi connectivity index (χ0n) is 24.2. The molecule has 4 aromatic rings. The van der Waals surface area contributed by atoms with Crippen molar-refractivity contribution in [3.63, 3.8) is 0 Å². The highest BCUT2D eigenvalue weighted by molar-refractivity contribution is 7.07. The summed E-state index contributed by atoms with van der Waals surface area (Å²) in [6, 6.07) is 17.8. The van der Waals surface area contributed by atoms with Gasteiger partial charge in [-0.05, 0) is 62.1 Å². The molecule has 0 amide bonds. The minimum Gasteiger partial charge on any atom is -0.463 e. The van der Waals surface area contributed by atoms with Crippen LogP contribution in [0.1, 0.15) is 73.8 Å². The highest BCUT2D eigenvalue weighted by atomic mass is 32.1. The second-order valence-corrected chi connectivity index (χ2v) is 11.1. The summed E-state index contributed by atoms with van der Waals surface area (Å²) in [6.45, 7) is 10.0. The smallest absolute Gasteiger partial charge is 0.338 e. The topological polar surface area (TPSA) is 100 Å². The van der Waals surface area contributed by atoms with Crippen LogP contribution >= 0.6 is 11.3 Å². The first kappa shape index (κ1) is 29.0. The van der Waals surface area contributed by atoms with Gasteiger partial charge in [-0.3, -0.25) is 9.36 Å². The number of rotatable bonds is 8. The van der Waals surface area contributed by atoms with Crippen molar-refractivity contribution in [3.05, 3.63) is 114 Å². The Labute approximate surface area is 247 Å². The summed E-state index contributed by atoms with van der Waals surface area (Å²) in [4.78, 5) is 44.1. The number of furan rings is 1. The van der Waals surface area contributed by atoms with E-state index in [4.69, 9.17) is 13.9 Å². The van der Waals surface area contributed by atoms with E-state index in [0.717, 1.165) is 16.7 Å². The first-order valence-corrected chi connectivity index (χ1v) is 14.7. The number of nitrogens with zero attached hydrogens (tertiary/aromatic N) is 2. The van der Waals surface area contributed by atoms with Gasteiger partial charge in [0.1, 0.15) is 11.5 Å². The monoisotopic (exact) mass is 584 g/mol. The molecule has 0 spiro atoms. The third-order valence-corrected chi connectivity index (χ3v) is 8.00. The van der Waals surface area contributed by atoms with Gasteiger partial charge in [-0.2, -0.15) is 0 Å². The molecule has 0 bridgehead atoms. The van der Waals surface area contributed by atoms with Gasteiger partial charge in [-0.15, -0.1) is 0 Å². The SMILES string of the molecule is CCOC(=O)C1=C(C)N=c2s/c(=C/c3ccc(-c4ccc(C(=O)OCC)cc4)o3)c(=O)n2C1c1ccc(C(C)C)cc1. The van der Waals surface area contributed by atoms with Gasteiger partial charge in [0.15, 0.2) is 4.80 Å². The second kappa shape index (κ2) is 12.2. The Morgan fingerprint density at radius 1 is 0.976 bits per heavy atom. The number of allylic oxidation sites excluding steroid dienone is 1. The van der Waals surface area contributed by atoms with Gasteiger partial charge in [-0.25, -0.2) is 14.6 Å². The molecule has 8 nitrogen and oxygen atoms in total. The number of esters is 2. The van der Waals surface area contributed by atoms with Gasteiger partial charge in [0.25, 0.3) is 5.56 Å². The van der Waals surface area contributed by atoms with Crippen molar-refractivity contribution in [1.29, 1.82) is 0 Å². The van der Waals surface area contributed by atoms with E-state index in [1.54, 1.807) is 61.7 Å². The van der Waals surface area contributed by atoms with Crippen molar-refractivity contribution in [2.75, 3.05) is 13.2 Å². The number of carbonyl (C=O) groups excluding carboxylic acids is 2. The van der Waals surface area contributed by atoms with Crippen molar-refractivity contribution in [2.24, 2.45) is 4.99 Å². The number of fused-ring (bicyclic) bond motifs is 1. The molecule has 1 aliphatic heterocycles. The second-order valence-electron chi connectivity index (χ2n) is 10.1. The molecule has 5 rings (SSSR count). The van der Waals surface area contributed by atoms with Crippen LogP contribution < -0.4 is 14.9 Å². The van der Waals surface area contributed by atoms with Crippen LogP contribution in [0.4, 0.5) is 0 Å². The number of carbonyl (C=O) groups is 2. The first-order valence-electron chi connectivity index (χ1n) is 13.9. The highest BCUT2D eigenvalue weighted by Gasteiger charge is 2.33. The van der Waals surface area contributed by atoms with E-state index >= 15 is 0 Å². The molecule has 0 radical (unpaired) electrons. The van der Waals surface area contributed by atoms with Crippen molar-refractivity contribution in [3.8, 4) is 11.3 Å². The van der Waals surface area contributed by atoms with Crippen LogP contribution in [0.3, 0.4) is 0 Å². The normalized spacial score (nSPS) is 15.0. The minimum absolute atomic E-state index is 0.214. The third-order valence-electron chi connectivity index (χ3n) is 7.02. The lowest BCUT2D eigenvalue weighted by molar-refractivity contribution is -0.139. The van der Waals surface area contributed by atoms with Crippen LogP contribution in [0.5, 0.6) is 0 Å². The van der Waals surface area contributed by atoms with Gasteiger partial charge in [0.2, 0.25) is 0 Å². The molecule has 42 heavy (non-hydrogen) atoms. The maximum Gasteiger partial charge on any atom is 0.338 e. The molecule has 2 aromatic heterocycles. The summed E-state index contributed by atoms with van der Waals surface area (Å²) in [5.74, 6) is 0.555. The molecular formula is C33H32N2O6S. The van der Waals surface area contributed by atoms with Crippen LogP contribution in [0.15, 0.2) is 86.1 Å². The predicted octanol–water partition coefficient (Wildman–Crippen LogP) is 5.36. The maximum atomic E-state index is 13.9. The van der Waals surface area contributed by atoms with E-state index in [1.807, 2.05) is 30.3 Å². The Balaban J connectivity index is 1.55. The van der Waals surface area contributed by atoms with E-state index < -0.39 is 12.0 Å². The summed E-state index contributed by atoms with van der Waals surface area (Å²) in [5, 5.41) is 0. The molecule has 0 saturated carbocycles. The number of ether oxygens (including phenoxy) is 2. The fraction of sp³-hybridized carbons (Fsp3) is 0.273. The van der Waals surface area contributed by atoms with Gasteiger partial charge in [0.05, 0.1) is 40.6 Å². The molecule has 0 aliphatic carbocycles. The quantitative estimate of drug-likeness (QED) is 0.259. The Morgan fingerprint density at radius 3 is 2.29 bits per heavy atom. The molecular weight excluding hydrogens is 552 g/mol. The minimum atomic E-state index is -0.672. The van der Waals surface area contributed by atoms with Crippen LogP contribution in [0.25, 0.3) is 17.4 Å². The molecule has 3 heterocycles. The Bertz CT molecular complexity index is 1840. The largest absolute Gasteiger partial charge is 0.463 e. The Hall–Kier alpha value is -4.50. The van der Waals surface area contributed by atoms with Crippen LogP contribution in [-0.4, -0.2) is 29.7 Å². The van der Waals surface area contributed by atoms with E-state index in [0.29, 0.717) is 50.2 Å². The average molecular weight is 585 g/mol. The molecule has 0 fully saturated rings. The number of aromatic nitrogens is 1. The fourth-order valence-corrected chi connectivity index (χ4v) is 5.90. The highest BCUT2D eigenvalue weighted by Crippen LogP contribution is 2.31. The molecule has 0 saturated heterocycles. The number of thiazole rings is 1. The molecule has 2 aromatic carbocycles. The fourth-order valence-electron chi connectivity index (χ4n) is 4.87. The average Bonchev–Trinajstić information content (AvgIpc) is 3.57. The Morgan fingerprint density at radius 2 is 1.64 bits per heavy atom. The first-order chi connectivity index (χ1) is 20.2. The van der Waals surface area contributed by atoms with Crippen LogP contribution in [-0.2, 0) is 14.3 Å². The maximum absolute atomic E-state index is 13.9. The number of hydrogen-bond acceptors (Lipinski definition) is 8. The summed E-state index contributed by atoms with van der Waals surface area (Å²) in [7, 11) is 0. The Kier molecular flexibility index (Phi) is 8.40. The van der Waals surface area contributed by atoms with Crippen LogP contribution in [0.2, 0.25) is 0 Å². The third kappa shape index (κ3) is 5.65. The lowest BCUT2D eigenvalue weighted by Crippen LogP contribution is -2.39. The summed E-state index contributed by atoms with van der Waals surface area (Å²) in [6.07, 6.45) is 1.68. The number of hydrogen-bond donors (Lipinski definition) is 0. The van der Waals surface area contributed by atoms with Crippen molar-refractivity contribution >= 4 is 29.4 Å². The van der Waals surface area contributed by atoms with Crippen molar-refractivity contribution in [1.82, 2.24) is 4.57 Å². The summed E-state index contributed by atoms with van der Waals surface area (Å²) >= 11 is 1.24. The van der Waals surface area contributed by atoms with E-state index in [-0.39, 0.29) is 18.1 Å².